The molecule has 0 aromatic heterocycles. The molecule has 2 aromatic rings. The van der Waals surface area contributed by atoms with Crippen molar-refractivity contribution in [3.8, 4) is 11.5 Å². The van der Waals surface area contributed by atoms with Crippen LogP contribution in [0.5, 0.6) is 11.5 Å². The van der Waals surface area contributed by atoms with Gasteiger partial charge in [-0.25, -0.2) is 0 Å². The molecule has 1 N–H and O–H groups in total. The summed E-state index contributed by atoms with van der Waals surface area (Å²) in [6.07, 6.45) is 4.16. The van der Waals surface area contributed by atoms with E-state index in [0.29, 0.717) is 18.1 Å². The van der Waals surface area contributed by atoms with Gasteiger partial charge in [0.2, 0.25) is 5.91 Å². The molecule has 3 aliphatic rings. The molecule has 0 radical (unpaired) electrons. The number of ether oxygens (including phenoxy) is 3. The van der Waals surface area contributed by atoms with Crippen LogP contribution in [0.25, 0.3) is 0 Å². The topological polar surface area (TPSA) is 86.2 Å². The van der Waals surface area contributed by atoms with Crippen LogP contribution >= 0.6 is 0 Å². The zero-order valence-electron chi connectivity index (χ0n) is 20.5. The number of aliphatic imine (C=N–C) groups is 1. The maximum absolute atomic E-state index is 12.3. The van der Waals surface area contributed by atoms with Crippen LogP contribution < -0.4 is 14.8 Å². The summed E-state index contributed by atoms with van der Waals surface area (Å²) in [5.74, 6) is 1.45. The number of hydrogen-bond acceptors (Lipinski definition) is 6. The fourth-order valence-electron chi connectivity index (χ4n) is 5.26. The van der Waals surface area contributed by atoms with E-state index in [2.05, 4.69) is 11.4 Å². The Balaban J connectivity index is 1.55. The lowest BCUT2D eigenvalue weighted by Crippen LogP contribution is -2.36. The molecule has 1 amide bonds. The molecule has 7 nitrogen and oxygen atoms in total. The van der Waals surface area contributed by atoms with Gasteiger partial charge in [-0.2, -0.15) is 0 Å². The molecular weight excluding hydrogens is 444 g/mol. The predicted octanol–water partition coefficient (Wildman–Crippen LogP) is 4.86. The van der Waals surface area contributed by atoms with E-state index in [1.165, 1.54) is 6.92 Å². The van der Waals surface area contributed by atoms with E-state index in [1.54, 1.807) is 7.11 Å². The highest BCUT2D eigenvalue weighted by Gasteiger charge is 2.39. The first-order valence-electron chi connectivity index (χ1n) is 12.5. The highest BCUT2D eigenvalue weighted by atomic mass is 16.5. The maximum Gasteiger partial charge on any atom is 0.302 e. The van der Waals surface area contributed by atoms with E-state index in [-0.39, 0.29) is 35.9 Å². The van der Waals surface area contributed by atoms with Crippen LogP contribution in [0.2, 0.25) is 0 Å². The van der Waals surface area contributed by atoms with Gasteiger partial charge in [-0.1, -0.05) is 12.1 Å². The van der Waals surface area contributed by atoms with Crippen molar-refractivity contribution < 1.29 is 23.8 Å². The Bertz CT molecular complexity index is 1170. The van der Waals surface area contributed by atoms with Crippen LogP contribution in [0.4, 0.5) is 5.69 Å². The third-order valence-electron chi connectivity index (χ3n) is 7.04. The number of amides is 1. The van der Waals surface area contributed by atoms with Crippen LogP contribution in [0.15, 0.2) is 41.4 Å². The third kappa shape index (κ3) is 4.90. The molecule has 0 bridgehead atoms. The normalized spacial score (nSPS) is 22.8. The van der Waals surface area contributed by atoms with Crippen LogP contribution in [-0.2, 0) is 14.3 Å². The smallest absolute Gasteiger partial charge is 0.302 e. The molecule has 3 unspecified atom stereocenters. The molecular formula is C28H32N2O5. The Morgan fingerprint density at radius 1 is 1.09 bits per heavy atom. The molecule has 1 heterocycles. The highest BCUT2D eigenvalue weighted by molar-refractivity contribution is 6.15. The lowest BCUT2D eigenvalue weighted by atomic mass is 9.74. The number of carbonyl (C=O) groups excluding carboxylic acids is 2. The number of nitrogens with one attached hydrogen (secondary N) is 1. The predicted molar refractivity (Wildman–Crippen MR) is 134 cm³/mol. The van der Waals surface area contributed by atoms with E-state index in [0.717, 1.165) is 60.2 Å². The molecule has 2 aliphatic carbocycles. The average molecular weight is 477 g/mol. The standard InChI is InChI=1S/C28H32N2O5/c1-4-34-26-14-21-22-13-20(35-16(2)31)10-11-24(22)30-27(23(21)15-25(26)33-3)18-6-5-7-19(12-18)29-28(32)17-8-9-17/h5-7,12,14-15,17,20,22,24H,4,8-11,13H2,1-3H3,(H,29,32). The van der Waals surface area contributed by atoms with Crippen molar-refractivity contribution >= 4 is 23.3 Å². The zero-order valence-corrected chi connectivity index (χ0v) is 20.5. The number of methoxy groups -OCH3 is 1. The number of benzene rings is 2. The molecule has 35 heavy (non-hydrogen) atoms. The van der Waals surface area contributed by atoms with E-state index < -0.39 is 0 Å². The molecule has 2 fully saturated rings. The average Bonchev–Trinajstić information content (AvgIpc) is 3.69. The van der Waals surface area contributed by atoms with Crippen molar-refractivity contribution in [1.29, 1.82) is 0 Å². The minimum absolute atomic E-state index is 0.0805. The van der Waals surface area contributed by atoms with Gasteiger partial charge < -0.3 is 19.5 Å². The van der Waals surface area contributed by atoms with Crippen molar-refractivity contribution in [2.75, 3.05) is 19.0 Å². The van der Waals surface area contributed by atoms with Crippen LogP contribution in [0.1, 0.15) is 68.6 Å². The molecule has 184 valence electrons. The number of fused-ring (bicyclic) bond motifs is 3. The number of anilines is 1. The first-order valence-corrected chi connectivity index (χ1v) is 12.5. The van der Waals surface area contributed by atoms with Gasteiger partial charge in [-0.3, -0.25) is 14.6 Å². The largest absolute Gasteiger partial charge is 0.493 e. The first-order chi connectivity index (χ1) is 17.0. The number of esters is 1. The molecule has 2 aromatic carbocycles. The summed E-state index contributed by atoms with van der Waals surface area (Å²) in [6, 6.07) is 12.0. The lowest BCUT2D eigenvalue weighted by molar-refractivity contribution is -0.148. The van der Waals surface area contributed by atoms with Gasteiger partial charge in [0.05, 0.1) is 25.5 Å². The summed E-state index contributed by atoms with van der Waals surface area (Å²) in [5, 5.41) is 3.05. The van der Waals surface area contributed by atoms with Crippen molar-refractivity contribution in [2.24, 2.45) is 10.9 Å². The number of carbonyl (C=O) groups is 2. The summed E-state index contributed by atoms with van der Waals surface area (Å²) >= 11 is 0. The Hall–Kier alpha value is -3.35. The Morgan fingerprint density at radius 3 is 2.63 bits per heavy atom. The summed E-state index contributed by atoms with van der Waals surface area (Å²) in [5.41, 5.74) is 4.74. The Kier molecular flexibility index (Phi) is 6.50. The van der Waals surface area contributed by atoms with Gasteiger partial charge in [0.1, 0.15) is 6.10 Å². The van der Waals surface area contributed by atoms with Gasteiger partial charge in [0.25, 0.3) is 0 Å². The summed E-state index contributed by atoms with van der Waals surface area (Å²) in [7, 11) is 1.64. The Morgan fingerprint density at radius 2 is 1.91 bits per heavy atom. The monoisotopic (exact) mass is 476 g/mol. The molecule has 3 atom stereocenters. The van der Waals surface area contributed by atoms with Crippen molar-refractivity contribution in [1.82, 2.24) is 0 Å². The van der Waals surface area contributed by atoms with E-state index in [9.17, 15) is 9.59 Å². The van der Waals surface area contributed by atoms with Gasteiger partial charge >= 0.3 is 5.97 Å². The molecule has 2 saturated carbocycles. The van der Waals surface area contributed by atoms with Crippen LogP contribution in [0, 0.1) is 5.92 Å². The highest BCUT2D eigenvalue weighted by Crippen LogP contribution is 2.45. The van der Waals surface area contributed by atoms with Gasteiger partial charge in [0.15, 0.2) is 11.5 Å². The molecule has 7 heteroatoms. The molecule has 0 saturated heterocycles. The SMILES string of the molecule is CCOc1cc2c(cc1OC)C(c1cccc(NC(=O)C3CC3)c1)=NC1CCC(OC(C)=O)CC21. The van der Waals surface area contributed by atoms with E-state index in [4.69, 9.17) is 19.2 Å². The number of rotatable bonds is 7. The summed E-state index contributed by atoms with van der Waals surface area (Å²) in [4.78, 5) is 29.2. The molecule has 5 rings (SSSR count). The zero-order chi connectivity index (χ0) is 24.5. The Labute approximate surface area is 205 Å². The lowest BCUT2D eigenvalue weighted by Gasteiger charge is -2.38. The minimum atomic E-state index is -0.247. The second-order valence-electron chi connectivity index (χ2n) is 9.56. The number of hydrogen-bond donors (Lipinski definition) is 1. The molecule has 1 aliphatic heterocycles. The molecule has 0 spiro atoms. The summed E-state index contributed by atoms with van der Waals surface area (Å²) < 4.78 is 17.1. The van der Waals surface area contributed by atoms with Crippen molar-refractivity contribution in [3.63, 3.8) is 0 Å². The second-order valence-corrected chi connectivity index (χ2v) is 9.56. The van der Waals surface area contributed by atoms with E-state index in [1.807, 2.05) is 37.3 Å². The third-order valence-corrected chi connectivity index (χ3v) is 7.04. The van der Waals surface area contributed by atoms with Crippen LogP contribution in [-0.4, -0.2) is 43.5 Å². The number of nitrogens with zero attached hydrogens (tertiary/aromatic N) is 1. The van der Waals surface area contributed by atoms with Gasteiger partial charge in [-0.15, -0.1) is 0 Å². The van der Waals surface area contributed by atoms with Crippen molar-refractivity contribution in [3.05, 3.63) is 53.1 Å². The van der Waals surface area contributed by atoms with Crippen LogP contribution in [0.3, 0.4) is 0 Å². The summed E-state index contributed by atoms with van der Waals surface area (Å²) in [6.45, 7) is 3.94. The van der Waals surface area contributed by atoms with E-state index >= 15 is 0 Å². The fraction of sp³-hybridized carbons (Fsp3) is 0.464. The van der Waals surface area contributed by atoms with Gasteiger partial charge in [-0.05, 0) is 68.9 Å². The maximum atomic E-state index is 12.3. The second kappa shape index (κ2) is 9.72. The minimum Gasteiger partial charge on any atom is -0.493 e. The van der Waals surface area contributed by atoms with Gasteiger partial charge in [0, 0.05) is 35.6 Å². The first kappa shape index (κ1) is 23.4. The fourth-order valence-corrected chi connectivity index (χ4v) is 5.26. The quantitative estimate of drug-likeness (QED) is 0.577. The van der Waals surface area contributed by atoms with Crippen molar-refractivity contribution in [2.45, 2.75) is 64.0 Å².